The molecule has 0 heterocycles. The summed E-state index contributed by atoms with van der Waals surface area (Å²) in [6.45, 7) is 7.72. The summed E-state index contributed by atoms with van der Waals surface area (Å²) in [5, 5.41) is 9.30. The topological polar surface area (TPSA) is 74.8 Å². The van der Waals surface area contributed by atoms with Crippen molar-refractivity contribution in [3.05, 3.63) is 71.3 Å². The van der Waals surface area contributed by atoms with E-state index < -0.39 is 0 Å². The van der Waals surface area contributed by atoms with Crippen molar-refractivity contribution >= 4 is 35.8 Å². The van der Waals surface area contributed by atoms with E-state index in [-0.39, 0.29) is 29.9 Å². The zero-order valence-electron chi connectivity index (χ0n) is 18.7. The van der Waals surface area contributed by atoms with Crippen LogP contribution in [-0.4, -0.2) is 45.2 Å². The second-order valence-corrected chi connectivity index (χ2v) is 7.28. The SMILES string of the molecule is CCNC(=NCC(C)COCc1ccccc1)NCCc1cccc(C(=O)NC)c1.I. The normalized spacial score (nSPS) is 11.9. The fraction of sp³-hybridized carbons (Fsp3) is 0.417. The van der Waals surface area contributed by atoms with Gasteiger partial charge in [0.05, 0.1) is 13.2 Å². The smallest absolute Gasteiger partial charge is 0.251 e. The van der Waals surface area contributed by atoms with Gasteiger partial charge in [-0.05, 0) is 42.5 Å². The van der Waals surface area contributed by atoms with Gasteiger partial charge in [-0.15, -0.1) is 24.0 Å². The zero-order chi connectivity index (χ0) is 21.6. The number of carbonyl (C=O) groups excluding carboxylic acids is 1. The zero-order valence-corrected chi connectivity index (χ0v) is 21.0. The lowest BCUT2D eigenvalue weighted by Crippen LogP contribution is -2.38. The predicted octanol–water partition coefficient (Wildman–Crippen LogP) is 3.61. The highest BCUT2D eigenvalue weighted by Crippen LogP contribution is 2.06. The van der Waals surface area contributed by atoms with Crippen LogP contribution >= 0.6 is 24.0 Å². The van der Waals surface area contributed by atoms with Crippen LogP contribution in [0.4, 0.5) is 0 Å². The van der Waals surface area contributed by atoms with Crippen molar-refractivity contribution in [2.75, 3.05) is 33.3 Å². The first-order valence-electron chi connectivity index (χ1n) is 10.6. The van der Waals surface area contributed by atoms with Crippen molar-refractivity contribution in [2.45, 2.75) is 26.9 Å². The average molecular weight is 538 g/mol. The van der Waals surface area contributed by atoms with Crippen molar-refractivity contribution < 1.29 is 9.53 Å². The summed E-state index contributed by atoms with van der Waals surface area (Å²) in [4.78, 5) is 16.5. The summed E-state index contributed by atoms with van der Waals surface area (Å²) in [5.41, 5.74) is 2.98. The van der Waals surface area contributed by atoms with Gasteiger partial charge in [0.2, 0.25) is 0 Å². The van der Waals surface area contributed by atoms with E-state index in [2.05, 4.69) is 46.9 Å². The van der Waals surface area contributed by atoms with Crippen molar-refractivity contribution in [3.8, 4) is 0 Å². The fourth-order valence-corrected chi connectivity index (χ4v) is 2.93. The van der Waals surface area contributed by atoms with Crippen molar-refractivity contribution in [3.63, 3.8) is 0 Å². The van der Waals surface area contributed by atoms with E-state index in [1.807, 2.05) is 42.5 Å². The Labute approximate surface area is 203 Å². The largest absolute Gasteiger partial charge is 0.376 e. The molecule has 0 radical (unpaired) electrons. The second-order valence-electron chi connectivity index (χ2n) is 7.28. The van der Waals surface area contributed by atoms with Crippen LogP contribution in [0.1, 0.15) is 35.3 Å². The maximum atomic E-state index is 11.8. The number of hydrogen-bond acceptors (Lipinski definition) is 3. The first-order chi connectivity index (χ1) is 14.6. The molecule has 6 nitrogen and oxygen atoms in total. The Morgan fingerprint density at radius 1 is 1.06 bits per heavy atom. The van der Waals surface area contributed by atoms with Crippen LogP contribution in [0, 0.1) is 5.92 Å². The minimum atomic E-state index is -0.0665. The quantitative estimate of drug-likeness (QED) is 0.232. The standard InChI is InChI=1S/C24H34N4O2.HI/c1-4-26-24(27-14-13-20-11-8-12-22(15-20)23(29)25-3)28-16-19(2)17-30-18-21-9-6-5-7-10-21;/h5-12,15,19H,4,13-14,16-18H2,1-3H3,(H,25,29)(H2,26,27,28);1H. The Balaban J connectivity index is 0.00000480. The van der Waals surface area contributed by atoms with E-state index in [1.54, 1.807) is 7.05 Å². The van der Waals surface area contributed by atoms with Gasteiger partial charge in [0.1, 0.15) is 0 Å². The highest BCUT2D eigenvalue weighted by molar-refractivity contribution is 14.0. The monoisotopic (exact) mass is 538 g/mol. The Morgan fingerprint density at radius 3 is 2.52 bits per heavy atom. The molecule has 2 aromatic carbocycles. The molecule has 2 rings (SSSR count). The van der Waals surface area contributed by atoms with Gasteiger partial charge in [-0.3, -0.25) is 9.79 Å². The van der Waals surface area contributed by atoms with E-state index in [4.69, 9.17) is 4.74 Å². The molecule has 1 amide bonds. The number of hydrogen-bond donors (Lipinski definition) is 3. The van der Waals surface area contributed by atoms with Gasteiger partial charge in [-0.2, -0.15) is 0 Å². The minimum Gasteiger partial charge on any atom is -0.376 e. The van der Waals surface area contributed by atoms with E-state index >= 15 is 0 Å². The molecule has 1 atom stereocenters. The summed E-state index contributed by atoms with van der Waals surface area (Å²) in [6, 6.07) is 17.9. The molecule has 1 unspecified atom stereocenters. The van der Waals surface area contributed by atoms with Gasteiger partial charge < -0.3 is 20.7 Å². The summed E-state index contributed by atoms with van der Waals surface area (Å²) in [5.74, 6) is 1.06. The molecule has 0 bridgehead atoms. The van der Waals surface area contributed by atoms with Gasteiger partial charge in [-0.25, -0.2) is 0 Å². The molecule has 0 aliphatic rings. The third-order valence-electron chi connectivity index (χ3n) is 4.54. The molecule has 0 fully saturated rings. The lowest BCUT2D eigenvalue weighted by molar-refractivity contribution is 0.0944. The third-order valence-corrected chi connectivity index (χ3v) is 4.54. The van der Waals surface area contributed by atoms with Gasteiger partial charge in [0.15, 0.2) is 5.96 Å². The lowest BCUT2D eigenvalue weighted by atomic mass is 10.1. The molecular formula is C24H35IN4O2. The molecular weight excluding hydrogens is 503 g/mol. The van der Waals surface area contributed by atoms with E-state index in [0.717, 1.165) is 31.0 Å². The number of aliphatic imine (C=N–C) groups is 1. The van der Waals surface area contributed by atoms with E-state index in [9.17, 15) is 4.79 Å². The van der Waals surface area contributed by atoms with Crippen molar-refractivity contribution in [1.29, 1.82) is 0 Å². The van der Waals surface area contributed by atoms with Crippen LogP contribution < -0.4 is 16.0 Å². The van der Waals surface area contributed by atoms with Crippen LogP contribution in [0.5, 0.6) is 0 Å². The predicted molar refractivity (Wildman–Crippen MR) is 138 cm³/mol. The molecule has 170 valence electrons. The summed E-state index contributed by atoms with van der Waals surface area (Å²) >= 11 is 0. The highest BCUT2D eigenvalue weighted by atomic mass is 127. The number of halogens is 1. The highest BCUT2D eigenvalue weighted by Gasteiger charge is 2.06. The summed E-state index contributed by atoms with van der Waals surface area (Å²) in [7, 11) is 1.64. The number of rotatable bonds is 11. The molecule has 2 aromatic rings. The fourth-order valence-electron chi connectivity index (χ4n) is 2.93. The lowest BCUT2D eigenvalue weighted by Gasteiger charge is -2.14. The minimum absolute atomic E-state index is 0. The Hall–Kier alpha value is -2.13. The summed E-state index contributed by atoms with van der Waals surface area (Å²) in [6.07, 6.45) is 0.811. The maximum Gasteiger partial charge on any atom is 0.251 e. The number of ether oxygens (including phenoxy) is 1. The molecule has 0 aliphatic carbocycles. The second kappa shape index (κ2) is 15.6. The third kappa shape index (κ3) is 10.6. The van der Waals surface area contributed by atoms with Gasteiger partial charge in [0, 0.05) is 32.2 Å². The molecule has 0 spiro atoms. The summed E-state index contributed by atoms with van der Waals surface area (Å²) < 4.78 is 5.81. The number of guanidine groups is 1. The number of amides is 1. The van der Waals surface area contributed by atoms with Crippen LogP contribution in [-0.2, 0) is 17.8 Å². The van der Waals surface area contributed by atoms with Crippen molar-refractivity contribution in [2.24, 2.45) is 10.9 Å². The molecule has 3 N–H and O–H groups in total. The average Bonchev–Trinajstić information content (AvgIpc) is 2.78. The van der Waals surface area contributed by atoms with E-state index in [0.29, 0.717) is 31.2 Å². The molecule has 31 heavy (non-hydrogen) atoms. The molecule has 0 aliphatic heterocycles. The van der Waals surface area contributed by atoms with Gasteiger partial charge >= 0.3 is 0 Å². The Morgan fingerprint density at radius 2 is 1.81 bits per heavy atom. The molecule has 7 heteroatoms. The van der Waals surface area contributed by atoms with E-state index in [1.165, 1.54) is 5.56 Å². The van der Waals surface area contributed by atoms with Crippen LogP contribution in [0.15, 0.2) is 59.6 Å². The van der Waals surface area contributed by atoms with Crippen LogP contribution in [0.25, 0.3) is 0 Å². The van der Waals surface area contributed by atoms with Crippen LogP contribution in [0.3, 0.4) is 0 Å². The number of carbonyl (C=O) groups is 1. The van der Waals surface area contributed by atoms with Crippen molar-refractivity contribution in [1.82, 2.24) is 16.0 Å². The maximum absolute atomic E-state index is 11.8. The number of nitrogens with zero attached hydrogens (tertiary/aromatic N) is 1. The molecule has 0 aromatic heterocycles. The number of nitrogens with one attached hydrogen (secondary N) is 3. The number of benzene rings is 2. The molecule has 0 saturated carbocycles. The van der Waals surface area contributed by atoms with Gasteiger partial charge in [0.25, 0.3) is 5.91 Å². The van der Waals surface area contributed by atoms with Gasteiger partial charge in [-0.1, -0.05) is 49.4 Å². The molecule has 0 saturated heterocycles. The van der Waals surface area contributed by atoms with Crippen LogP contribution in [0.2, 0.25) is 0 Å². The Kier molecular flexibility index (Phi) is 13.6. The first kappa shape index (κ1) is 26.9. The Bertz CT molecular complexity index is 799. The first-order valence-corrected chi connectivity index (χ1v) is 10.6.